The van der Waals surface area contributed by atoms with Gasteiger partial charge in [-0.15, -0.1) is 11.3 Å². The van der Waals surface area contributed by atoms with Crippen molar-refractivity contribution in [3.8, 4) is 11.3 Å². The van der Waals surface area contributed by atoms with Crippen molar-refractivity contribution in [2.24, 2.45) is 5.73 Å². The molecule has 1 heterocycles. The number of halogens is 3. The Balaban J connectivity index is 2.20. The SMILES string of the molecule is CCCC(N)c1nc(-c2ccc(C(F)(F)F)cc2)cs1. The Bertz CT molecular complexity index is 561. The lowest BCUT2D eigenvalue weighted by Crippen LogP contribution is -2.09. The van der Waals surface area contributed by atoms with Crippen molar-refractivity contribution in [2.75, 3.05) is 0 Å². The van der Waals surface area contributed by atoms with Crippen LogP contribution in [-0.2, 0) is 6.18 Å². The summed E-state index contributed by atoms with van der Waals surface area (Å²) >= 11 is 1.44. The maximum atomic E-state index is 12.5. The first-order chi connectivity index (χ1) is 9.41. The summed E-state index contributed by atoms with van der Waals surface area (Å²) in [5.41, 5.74) is 6.67. The Kier molecular flexibility index (Phi) is 4.45. The zero-order valence-corrected chi connectivity index (χ0v) is 11.8. The van der Waals surface area contributed by atoms with E-state index < -0.39 is 11.7 Å². The van der Waals surface area contributed by atoms with E-state index in [0.29, 0.717) is 11.3 Å². The second kappa shape index (κ2) is 5.93. The second-order valence-electron chi connectivity index (χ2n) is 4.54. The average Bonchev–Trinajstić information content (AvgIpc) is 2.88. The highest BCUT2D eigenvalue weighted by Crippen LogP contribution is 2.32. The Morgan fingerprint density at radius 1 is 1.25 bits per heavy atom. The van der Waals surface area contributed by atoms with Crippen LogP contribution in [0.1, 0.15) is 36.4 Å². The van der Waals surface area contributed by atoms with Crippen LogP contribution < -0.4 is 5.73 Å². The number of nitrogens with zero attached hydrogens (tertiary/aromatic N) is 1. The van der Waals surface area contributed by atoms with Crippen molar-refractivity contribution >= 4 is 11.3 Å². The van der Waals surface area contributed by atoms with Crippen LogP contribution in [0.25, 0.3) is 11.3 Å². The fourth-order valence-corrected chi connectivity index (χ4v) is 2.72. The minimum atomic E-state index is -4.31. The predicted molar refractivity (Wildman–Crippen MR) is 74.4 cm³/mol. The summed E-state index contributed by atoms with van der Waals surface area (Å²) in [7, 11) is 0. The number of rotatable bonds is 4. The summed E-state index contributed by atoms with van der Waals surface area (Å²) in [6.45, 7) is 2.05. The Hall–Kier alpha value is -1.40. The van der Waals surface area contributed by atoms with E-state index in [-0.39, 0.29) is 6.04 Å². The van der Waals surface area contributed by atoms with Crippen molar-refractivity contribution in [3.05, 3.63) is 40.2 Å². The summed E-state index contributed by atoms with van der Waals surface area (Å²) < 4.78 is 37.5. The summed E-state index contributed by atoms with van der Waals surface area (Å²) in [6.07, 6.45) is -2.49. The van der Waals surface area contributed by atoms with Crippen molar-refractivity contribution in [1.29, 1.82) is 0 Å². The molecule has 0 aliphatic heterocycles. The van der Waals surface area contributed by atoms with Crippen molar-refractivity contribution < 1.29 is 13.2 Å². The number of hydrogen-bond donors (Lipinski definition) is 1. The first kappa shape index (κ1) is 15.0. The van der Waals surface area contributed by atoms with Gasteiger partial charge in [-0.3, -0.25) is 0 Å². The molecule has 0 spiro atoms. The third kappa shape index (κ3) is 3.37. The van der Waals surface area contributed by atoms with Crippen LogP contribution in [0.4, 0.5) is 13.2 Å². The molecule has 0 aliphatic rings. The Morgan fingerprint density at radius 2 is 1.90 bits per heavy atom. The lowest BCUT2D eigenvalue weighted by molar-refractivity contribution is -0.137. The Morgan fingerprint density at radius 3 is 2.45 bits per heavy atom. The molecule has 0 radical (unpaired) electrons. The van der Waals surface area contributed by atoms with E-state index >= 15 is 0 Å². The number of nitrogens with two attached hydrogens (primary N) is 1. The minimum absolute atomic E-state index is 0.104. The molecule has 0 saturated heterocycles. The maximum Gasteiger partial charge on any atom is 0.416 e. The van der Waals surface area contributed by atoms with E-state index in [2.05, 4.69) is 4.98 Å². The van der Waals surface area contributed by atoms with Crippen LogP contribution >= 0.6 is 11.3 Å². The van der Waals surface area contributed by atoms with Gasteiger partial charge in [-0.05, 0) is 18.6 Å². The molecule has 0 aliphatic carbocycles. The normalized spacial score (nSPS) is 13.4. The minimum Gasteiger partial charge on any atom is -0.322 e. The van der Waals surface area contributed by atoms with Gasteiger partial charge in [-0.2, -0.15) is 13.2 Å². The van der Waals surface area contributed by atoms with Gasteiger partial charge in [0.05, 0.1) is 17.3 Å². The highest BCUT2D eigenvalue weighted by Gasteiger charge is 2.30. The molecule has 6 heteroatoms. The molecule has 0 bridgehead atoms. The van der Waals surface area contributed by atoms with Gasteiger partial charge in [0.1, 0.15) is 5.01 Å². The molecule has 2 rings (SSSR count). The molecule has 1 aromatic heterocycles. The number of hydrogen-bond acceptors (Lipinski definition) is 3. The summed E-state index contributed by atoms with van der Waals surface area (Å²) in [4.78, 5) is 4.40. The molecule has 2 nitrogen and oxygen atoms in total. The molecule has 1 unspecified atom stereocenters. The summed E-state index contributed by atoms with van der Waals surface area (Å²) in [5, 5.41) is 2.65. The topological polar surface area (TPSA) is 38.9 Å². The van der Waals surface area contributed by atoms with Crippen LogP contribution in [0.15, 0.2) is 29.6 Å². The molecule has 0 amide bonds. The van der Waals surface area contributed by atoms with Crippen LogP contribution in [0.3, 0.4) is 0 Å². The van der Waals surface area contributed by atoms with Crippen LogP contribution in [0, 0.1) is 0 Å². The average molecular weight is 300 g/mol. The smallest absolute Gasteiger partial charge is 0.322 e. The molecule has 1 atom stereocenters. The van der Waals surface area contributed by atoms with E-state index in [9.17, 15) is 13.2 Å². The van der Waals surface area contributed by atoms with Gasteiger partial charge in [0, 0.05) is 10.9 Å². The largest absolute Gasteiger partial charge is 0.416 e. The highest BCUT2D eigenvalue weighted by molar-refractivity contribution is 7.10. The highest BCUT2D eigenvalue weighted by atomic mass is 32.1. The van der Waals surface area contributed by atoms with Gasteiger partial charge in [-0.1, -0.05) is 25.5 Å². The number of thiazole rings is 1. The van der Waals surface area contributed by atoms with Gasteiger partial charge in [-0.25, -0.2) is 4.98 Å². The van der Waals surface area contributed by atoms with Gasteiger partial charge in [0.2, 0.25) is 0 Å². The molecular weight excluding hydrogens is 285 g/mol. The summed E-state index contributed by atoms with van der Waals surface area (Å²) in [5.74, 6) is 0. The fraction of sp³-hybridized carbons (Fsp3) is 0.357. The van der Waals surface area contributed by atoms with Crippen LogP contribution in [-0.4, -0.2) is 4.98 Å². The third-order valence-corrected chi connectivity index (χ3v) is 3.92. The van der Waals surface area contributed by atoms with Gasteiger partial charge in [0.15, 0.2) is 0 Å². The maximum absolute atomic E-state index is 12.5. The molecule has 2 N–H and O–H groups in total. The second-order valence-corrected chi connectivity index (χ2v) is 5.43. The Labute approximate surface area is 119 Å². The van der Waals surface area contributed by atoms with Crippen LogP contribution in [0.5, 0.6) is 0 Å². The molecular formula is C14H15F3N2S. The monoisotopic (exact) mass is 300 g/mol. The van der Waals surface area contributed by atoms with Gasteiger partial charge < -0.3 is 5.73 Å². The molecule has 108 valence electrons. The number of aromatic nitrogens is 1. The van der Waals surface area contributed by atoms with Crippen molar-refractivity contribution in [2.45, 2.75) is 32.0 Å². The first-order valence-electron chi connectivity index (χ1n) is 6.30. The molecule has 2 aromatic rings. The third-order valence-electron chi connectivity index (χ3n) is 2.95. The van der Waals surface area contributed by atoms with Crippen LogP contribution in [0.2, 0.25) is 0 Å². The van der Waals surface area contributed by atoms with Gasteiger partial charge >= 0.3 is 6.18 Å². The van der Waals surface area contributed by atoms with Gasteiger partial charge in [0.25, 0.3) is 0 Å². The molecule has 20 heavy (non-hydrogen) atoms. The molecule has 1 aromatic carbocycles. The molecule has 0 saturated carbocycles. The van der Waals surface area contributed by atoms with Crippen molar-refractivity contribution in [1.82, 2.24) is 4.98 Å². The molecule has 0 fully saturated rings. The van der Waals surface area contributed by atoms with E-state index in [1.54, 1.807) is 0 Å². The number of benzene rings is 1. The summed E-state index contributed by atoms with van der Waals surface area (Å²) in [6, 6.07) is 4.91. The number of alkyl halides is 3. The van der Waals surface area contributed by atoms with E-state index in [1.807, 2.05) is 12.3 Å². The standard InChI is InChI=1S/C14H15F3N2S/c1-2-3-11(18)13-19-12(8-20-13)9-4-6-10(7-5-9)14(15,16)17/h4-8,11H,2-3,18H2,1H3. The lowest BCUT2D eigenvalue weighted by Gasteiger charge is -2.07. The predicted octanol–water partition coefficient (Wildman–Crippen LogP) is 4.63. The first-order valence-corrected chi connectivity index (χ1v) is 7.18. The van der Waals surface area contributed by atoms with Crippen molar-refractivity contribution in [3.63, 3.8) is 0 Å². The zero-order valence-electron chi connectivity index (χ0n) is 10.9. The fourth-order valence-electron chi connectivity index (χ4n) is 1.85. The van der Waals surface area contributed by atoms with E-state index in [4.69, 9.17) is 5.73 Å². The zero-order chi connectivity index (χ0) is 14.8. The van der Waals surface area contributed by atoms with E-state index in [0.717, 1.165) is 30.0 Å². The van der Waals surface area contributed by atoms with E-state index in [1.165, 1.54) is 23.5 Å². The quantitative estimate of drug-likeness (QED) is 0.894. The lowest BCUT2D eigenvalue weighted by atomic mass is 10.1.